The Balaban J connectivity index is 1.51. The molecule has 0 unspecified atom stereocenters. The van der Waals surface area contributed by atoms with Crippen molar-refractivity contribution in [2.24, 2.45) is 0 Å². The van der Waals surface area contributed by atoms with Crippen molar-refractivity contribution in [3.63, 3.8) is 0 Å². The summed E-state index contributed by atoms with van der Waals surface area (Å²) in [5.74, 6) is 1.14. The minimum absolute atomic E-state index is 0.506. The van der Waals surface area contributed by atoms with Crippen LogP contribution in [0.5, 0.6) is 0 Å². The summed E-state index contributed by atoms with van der Waals surface area (Å²) in [4.78, 5) is 15.1. The van der Waals surface area contributed by atoms with Gasteiger partial charge in [0.2, 0.25) is 5.95 Å². The van der Waals surface area contributed by atoms with Gasteiger partial charge < -0.3 is 15.8 Å². The lowest BCUT2D eigenvalue weighted by Gasteiger charge is -2.26. The number of morpholine rings is 1. The minimum atomic E-state index is 0.506. The van der Waals surface area contributed by atoms with Crippen molar-refractivity contribution < 1.29 is 4.74 Å². The smallest absolute Gasteiger partial charge is 0.222 e. The SMILES string of the molecule is Nc1ccc(-c2cnc(NCCN3CCOCC3)nc2)cn1. The fourth-order valence-corrected chi connectivity index (χ4v) is 2.30. The van der Waals surface area contributed by atoms with E-state index in [2.05, 4.69) is 25.2 Å². The number of nitrogens with zero attached hydrogens (tertiary/aromatic N) is 4. The Labute approximate surface area is 129 Å². The van der Waals surface area contributed by atoms with Crippen LogP contribution >= 0.6 is 0 Å². The van der Waals surface area contributed by atoms with Gasteiger partial charge in [0.1, 0.15) is 5.82 Å². The fraction of sp³-hybridized carbons (Fsp3) is 0.400. The zero-order valence-corrected chi connectivity index (χ0v) is 12.4. The van der Waals surface area contributed by atoms with E-state index in [1.54, 1.807) is 24.7 Å². The maximum Gasteiger partial charge on any atom is 0.222 e. The van der Waals surface area contributed by atoms with E-state index in [0.717, 1.165) is 50.5 Å². The van der Waals surface area contributed by atoms with Crippen molar-refractivity contribution in [3.8, 4) is 11.1 Å². The van der Waals surface area contributed by atoms with Crippen LogP contribution in [0.15, 0.2) is 30.7 Å². The topological polar surface area (TPSA) is 89.2 Å². The molecule has 1 aliphatic rings. The van der Waals surface area contributed by atoms with Crippen molar-refractivity contribution in [2.75, 3.05) is 50.4 Å². The predicted molar refractivity (Wildman–Crippen MR) is 85.4 cm³/mol. The van der Waals surface area contributed by atoms with E-state index in [1.165, 1.54) is 0 Å². The Hall–Kier alpha value is -2.25. The fourth-order valence-electron chi connectivity index (χ4n) is 2.30. The van der Waals surface area contributed by atoms with E-state index in [-0.39, 0.29) is 0 Å². The number of hydrogen-bond acceptors (Lipinski definition) is 7. The van der Waals surface area contributed by atoms with E-state index in [9.17, 15) is 0 Å². The summed E-state index contributed by atoms with van der Waals surface area (Å²) < 4.78 is 5.33. The molecule has 7 heteroatoms. The van der Waals surface area contributed by atoms with Gasteiger partial charge >= 0.3 is 0 Å². The molecule has 3 rings (SSSR count). The van der Waals surface area contributed by atoms with Crippen molar-refractivity contribution in [1.29, 1.82) is 0 Å². The van der Waals surface area contributed by atoms with Crippen LogP contribution in [-0.4, -0.2) is 59.2 Å². The molecule has 7 nitrogen and oxygen atoms in total. The molecule has 3 N–H and O–H groups in total. The number of ether oxygens (including phenoxy) is 1. The second-order valence-corrected chi connectivity index (χ2v) is 5.15. The normalized spacial score (nSPS) is 15.6. The molecule has 2 aromatic heterocycles. The van der Waals surface area contributed by atoms with Gasteiger partial charge in [-0.3, -0.25) is 4.90 Å². The molecule has 116 valence electrons. The molecule has 3 heterocycles. The molecule has 1 aliphatic heterocycles. The van der Waals surface area contributed by atoms with Gasteiger partial charge in [-0.05, 0) is 12.1 Å². The number of rotatable bonds is 5. The van der Waals surface area contributed by atoms with Gasteiger partial charge in [0.15, 0.2) is 0 Å². The minimum Gasteiger partial charge on any atom is -0.384 e. The van der Waals surface area contributed by atoms with Crippen LogP contribution in [0.1, 0.15) is 0 Å². The summed E-state index contributed by atoms with van der Waals surface area (Å²) in [5, 5.41) is 3.24. The van der Waals surface area contributed by atoms with Crippen molar-refractivity contribution in [2.45, 2.75) is 0 Å². The van der Waals surface area contributed by atoms with Gasteiger partial charge in [-0.2, -0.15) is 0 Å². The molecular formula is C15H20N6O. The average molecular weight is 300 g/mol. The zero-order valence-electron chi connectivity index (χ0n) is 12.4. The lowest BCUT2D eigenvalue weighted by molar-refractivity contribution is 0.0398. The number of aromatic nitrogens is 3. The molecule has 2 aromatic rings. The highest BCUT2D eigenvalue weighted by Crippen LogP contribution is 2.17. The molecule has 1 saturated heterocycles. The number of nitrogens with one attached hydrogen (secondary N) is 1. The molecule has 0 bridgehead atoms. The van der Waals surface area contributed by atoms with Crippen LogP contribution in [0.4, 0.5) is 11.8 Å². The van der Waals surface area contributed by atoms with Crippen LogP contribution in [-0.2, 0) is 4.74 Å². The van der Waals surface area contributed by atoms with Crippen molar-refractivity contribution >= 4 is 11.8 Å². The van der Waals surface area contributed by atoms with E-state index in [0.29, 0.717) is 11.8 Å². The molecular weight excluding hydrogens is 280 g/mol. The average Bonchev–Trinajstić information content (AvgIpc) is 2.57. The largest absolute Gasteiger partial charge is 0.384 e. The molecule has 0 aliphatic carbocycles. The monoisotopic (exact) mass is 300 g/mol. The van der Waals surface area contributed by atoms with Crippen LogP contribution in [0.25, 0.3) is 11.1 Å². The Morgan fingerprint density at radius 1 is 1.05 bits per heavy atom. The number of nitrogen functional groups attached to an aromatic ring is 1. The first-order valence-electron chi connectivity index (χ1n) is 7.39. The third-order valence-corrected chi connectivity index (χ3v) is 3.59. The van der Waals surface area contributed by atoms with Gasteiger partial charge in [0.25, 0.3) is 0 Å². The maximum absolute atomic E-state index is 5.58. The highest BCUT2D eigenvalue weighted by molar-refractivity contribution is 5.62. The summed E-state index contributed by atoms with van der Waals surface area (Å²) in [6.07, 6.45) is 5.30. The van der Waals surface area contributed by atoms with E-state index in [4.69, 9.17) is 10.5 Å². The van der Waals surface area contributed by atoms with Crippen molar-refractivity contribution in [3.05, 3.63) is 30.7 Å². The van der Waals surface area contributed by atoms with E-state index in [1.807, 2.05) is 6.07 Å². The van der Waals surface area contributed by atoms with Crippen LogP contribution in [0.2, 0.25) is 0 Å². The summed E-state index contributed by atoms with van der Waals surface area (Å²) >= 11 is 0. The quantitative estimate of drug-likeness (QED) is 0.846. The first-order valence-corrected chi connectivity index (χ1v) is 7.39. The first kappa shape index (κ1) is 14.7. The van der Waals surface area contributed by atoms with Gasteiger partial charge in [-0.25, -0.2) is 15.0 Å². The number of nitrogens with two attached hydrogens (primary N) is 1. The molecule has 0 saturated carbocycles. The third kappa shape index (κ3) is 3.90. The zero-order chi connectivity index (χ0) is 15.2. The standard InChI is InChI=1S/C15H20N6O/c16-14-2-1-12(9-18-14)13-10-19-15(20-11-13)17-3-4-21-5-7-22-8-6-21/h1-2,9-11H,3-8H2,(H2,16,18)(H,17,19,20). The predicted octanol–water partition coefficient (Wildman–Crippen LogP) is 0.865. The maximum atomic E-state index is 5.58. The van der Waals surface area contributed by atoms with Gasteiger partial charge in [-0.15, -0.1) is 0 Å². The molecule has 22 heavy (non-hydrogen) atoms. The van der Waals surface area contributed by atoms with Crippen LogP contribution in [0, 0.1) is 0 Å². The van der Waals surface area contributed by atoms with Crippen LogP contribution < -0.4 is 11.1 Å². The van der Waals surface area contributed by atoms with Crippen LogP contribution in [0.3, 0.4) is 0 Å². The Morgan fingerprint density at radius 2 is 1.77 bits per heavy atom. The van der Waals surface area contributed by atoms with Gasteiger partial charge in [0.05, 0.1) is 13.2 Å². The molecule has 0 radical (unpaired) electrons. The number of hydrogen-bond donors (Lipinski definition) is 2. The van der Waals surface area contributed by atoms with Gasteiger partial charge in [0, 0.05) is 55.9 Å². The molecule has 0 aromatic carbocycles. The summed E-state index contributed by atoms with van der Waals surface area (Å²) in [6, 6.07) is 3.68. The summed E-state index contributed by atoms with van der Waals surface area (Å²) in [7, 11) is 0. The lowest BCUT2D eigenvalue weighted by atomic mass is 10.1. The second-order valence-electron chi connectivity index (χ2n) is 5.15. The number of anilines is 2. The molecule has 0 spiro atoms. The third-order valence-electron chi connectivity index (χ3n) is 3.59. The van der Waals surface area contributed by atoms with Crippen molar-refractivity contribution in [1.82, 2.24) is 19.9 Å². The molecule has 1 fully saturated rings. The number of pyridine rings is 1. The first-order chi connectivity index (χ1) is 10.8. The Bertz CT molecular complexity index is 580. The second kappa shape index (κ2) is 7.15. The molecule has 0 atom stereocenters. The highest BCUT2D eigenvalue weighted by atomic mass is 16.5. The highest BCUT2D eigenvalue weighted by Gasteiger charge is 2.09. The van der Waals surface area contributed by atoms with E-state index < -0.39 is 0 Å². The lowest BCUT2D eigenvalue weighted by Crippen LogP contribution is -2.39. The molecule has 0 amide bonds. The Kier molecular flexibility index (Phi) is 4.77. The van der Waals surface area contributed by atoms with Gasteiger partial charge in [-0.1, -0.05) is 0 Å². The summed E-state index contributed by atoms with van der Waals surface area (Å²) in [6.45, 7) is 5.41. The Morgan fingerprint density at radius 3 is 2.45 bits per heavy atom. The van der Waals surface area contributed by atoms with E-state index >= 15 is 0 Å². The summed E-state index contributed by atoms with van der Waals surface area (Å²) in [5.41, 5.74) is 7.46.